The summed E-state index contributed by atoms with van der Waals surface area (Å²) >= 11 is 6.71. The lowest BCUT2D eigenvalue weighted by Crippen LogP contribution is -2.24. The molecule has 0 spiro atoms. The second-order valence-corrected chi connectivity index (χ2v) is 8.30. The maximum absolute atomic E-state index is 12.4. The highest BCUT2D eigenvalue weighted by Gasteiger charge is 2.11. The zero-order valence-electron chi connectivity index (χ0n) is 16.5. The number of ether oxygens (including phenoxy) is 2. The standard InChI is InChI=1S/C23H18Br2N2O4/c1-15-2-4-16(5-3-15)23(29)31-21-11-8-19(25)12-17(21)13-26-27-22(28)14-30-20-9-6-18(24)7-10-20/h2-13H,14H2,1H3,(H,27,28)/b26-13-. The van der Waals surface area contributed by atoms with Crippen LogP contribution in [0, 0.1) is 6.92 Å². The summed E-state index contributed by atoms with van der Waals surface area (Å²) in [5.41, 5.74) is 4.40. The lowest BCUT2D eigenvalue weighted by molar-refractivity contribution is -0.123. The molecule has 0 aliphatic carbocycles. The van der Waals surface area contributed by atoms with Gasteiger partial charge < -0.3 is 9.47 Å². The van der Waals surface area contributed by atoms with Gasteiger partial charge in [-0.3, -0.25) is 4.79 Å². The first-order valence-electron chi connectivity index (χ1n) is 9.19. The molecule has 0 fully saturated rings. The summed E-state index contributed by atoms with van der Waals surface area (Å²) in [5, 5.41) is 3.94. The summed E-state index contributed by atoms with van der Waals surface area (Å²) in [6, 6.07) is 19.3. The summed E-state index contributed by atoms with van der Waals surface area (Å²) in [4.78, 5) is 24.4. The van der Waals surface area contributed by atoms with Crippen LogP contribution in [-0.2, 0) is 4.79 Å². The van der Waals surface area contributed by atoms with Gasteiger partial charge in [0.15, 0.2) is 6.61 Å². The number of hydrogen-bond donors (Lipinski definition) is 1. The van der Waals surface area contributed by atoms with E-state index in [0.29, 0.717) is 22.6 Å². The van der Waals surface area contributed by atoms with Crippen molar-refractivity contribution in [3.63, 3.8) is 0 Å². The van der Waals surface area contributed by atoms with Gasteiger partial charge in [-0.1, -0.05) is 49.6 Å². The van der Waals surface area contributed by atoms with Gasteiger partial charge in [-0.2, -0.15) is 5.10 Å². The molecule has 0 atom stereocenters. The first-order chi connectivity index (χ1) is 14.9. The van der Waals surface area contributed by atoms with E-state index in [9.17, 15) is 9.59 Å². The van der Waals surface area contributed by atoms with Gasteiger partial charge in [-0.05, 0) is 61.5 Å². The van der Waals surface area contributed by atoms with E-state index in [1.54, 1.807) is 42.5 Å². The number of hydrazone groups is 1. The molecule has 3 aromatic rings. The molecule has 0 bridgehead atoms. The maximum atomic E-state index is 12.4. The van der Waals surface area contributed by atoms with E-state index >= 15 is 0 Å². The van der Waals surface area contributed by atoms with Gasteiger partial charge in [-0.25, -0.2) is 10.2 Å². The Labute approximate surface area is 196 Å². The molecule has 0 aliphatic rings. The van der Waals surface area contributed by atoms with Crippen LogP contribution in [-0.4, -0.2) is 24.7 Å². The van der Waals surface area contributed by atoms with Gasteiger partial charge >= 0.3 is 5.97 Å². The van der Waals surface area contributed by atoms with Crippen LogP contribution < -0.4 is 14.9 Å². The molecule has 0 aliphatic heterocycles. The molecule has 0 saturated carbocycles. The molecule has 0 unspecified atom stereocenters. The topological polar surface area (TPSA) is 77.0 Å². The number of aryl methyl sites for hydroxylation is 1. The number of esters is 1. The molecule has 1 N–H and O–H groups in total. The normalized spacial score (nSPS) is 10.7. The van der Waals surface area contributed by atoms with Crippen molar-refractivity contribution in [2.75, 3.05) is 6.61 Å². The quantitative estimate of drug-likeness (QED) is 0.190. The minimum Gasteiger partial charge on any atom is -0.484 e. The predicted molar refractivity (Wildman–Crippen MR) is 126 cm³/mol. The zero-order chi connectivity index (χ0) is 22.2. The molecular formula is C23H18Br2N2O4. The second kappa shape index (κ2) is 10.9. The highest BCUT2D eigenvalue weighted by molar-refractivity contribution is 9.10. The summed E-state index contributed by atoms with van der Waals surface area (Å²) < 4.78 is 12.6. The Hall–Kier alpha value is -2.97. The molecule has 31 heavy (non-hydrogen) atoms. The fraction of sp³-hybridized carbons (Fsp3) is 0.0870. The van der Waals surface area contributed by atoms with E-state index in [-0.39, 0.29) is 6.61 Å². The van der Waals surface area contributed by atoms with Gasteiger partial charge in [0.05, 0.1) is 11.8 Å². The molecule has 3 rings (SSSR count). The minimum absolute atomic E-state index is 0.188. The number of rotatable bonds is 7. The molecule has 3 aromatic carbocycles. The molecular weight excluding hydrogens is 528 g/mol. The van der Waals surface area contributed by atoms with E-state index in [4.69, 9.17) is 9.47 Å². The SMILES string of the molecule is Cc1ccc(C(=O)Oc2ccc(Br)cc2/C=N\NC(=O)COc2ccc(Br)cc2)cc1. The van der Waals surface area contributed by atoms with Crippen LogP contribution in [0.5, 0.6) is 11.5 Å². The number of amides is 1. The monoisotopic (exact) mass is 544 g/mol. The third kappa shape index (κ3) is 7.04. The van der Waals surface area contributed by atoms with E-state index < -0.39 is 11.9 Å². The first-order valence-corrected chi connectivity index (χ1v) is 10.8. The Kier molecular flexibility index (Phi) is 7.97. The van der Waals surface area contributed by atoms with Crippen molar-refractivity contribution in [3.8, 4) is 11.5 Å². The number of nitrogens with one attached hydrogen (secondary N) is 1. The van der Waals surface area contributed by atoms with Crippen molar-refractivity contribution in [2.24, 2.45) is 5.10 Å². The van der Waals surface area contributed by atoms with E-state index in [2.05, 4.69) is 42.4 Å². The highest BCUT2D eigenvalue weighted by atomic mass is 79.9. The van der Waals surface area contributed by atoms with Gasteiger partial charge in [0, 0.05) is 14.5 Å². The van der Waals surface area contributed by atoms with Crippen LogP contribution in [0.15, 0.2) is 80.8 Å². The van der Waals surface area contributed by atoms with Gasteiger partial charge in [0.25, 0.3) is 5.91 Å². The second-order valence-electron chi connectivity index (χ2n) is 6.47. The van der Waals surface area contributed by atoms with Crippen molar-refractivity contribution in [2.45, 2.75) is 6.92 Å². The van der Waals surface area contributed by atoms with E-state index in [1.807, 2.05) is 31.2 Å². The Morgan fingerprint density at radius 2 is 1.65 bits per heavy atom. The smallest absolute Gasteiger partial charge is 0.343 e. The number of benzene rings is 3. The Morgan fingerprint density at radius 3 is 2.35 bits per heavy atom. The number of halogens is 2. The van der Waals surface area contributed by atoms with Gasteiger partial charge in [-0.15, -0.1) is 0 Å². The summed E-state index contributed by atoms with van der Waals surface area (Å²) in [7, 11) is 0. The first kappa shape index (κ1) is 22.7. The summed E-state index contributed by atoms with van der Waals surface area (Å²) in [6.45, 7) is 1.75. The van der Waals surface area contributed by atoms with Gasteiger partial charge in [0.1, 0.15) is 11.5 Å². The van der Waals surface area contributed by atoms with Crippen LogP contribution in [0.2, 0.25) is 0 Å². The van der Waals surface area contributed by atoms with Crippen LogP contribution in [0.1, 0.15) is 21.5 Å². The molecule has 0 heterocycles. The van der Waals surface area contributed by atoms with E-state index in [0.717, 1.165) is 14.5 Å². The minimum atomic E-state index is -0.482. The maximum Gasteiger partial charge on any atom is 0.343 e. The van der Waals surface area contributed by atoms with Crippen molar-refractivity contribution >= 4 is 50.0 Å². The molecule has 8 heteroatoms. The fourth-order valence-electron chi connectivity index (χ4n) is 2.45. The zero-order valence-corrected chi connectivity index (χ0v) is 19.6. The molecule has 0 radical (unpaired) electrons. The Balaban J connectivity index is 1.61. The number of carbonyl (C=O) groups is 2. The Morgan fingerprint density at radius 1 is 0.968 bits per heavy atom. The number of hydrogen-bond acceptors (Lipinski definition) is 5. The third-order valence-electron chi connectivity index (χ3n) is 4.04. The van der Waals surface area contributed by atoms with Crippen molar-refractivity contribution in [1.82, 2.24) is 5.43 Å². The number of carbonyl (C=O) groups excluding carboxylic acids is 2. The molecule has 158 valence electrons. The molecule has 0 aromatic heterocycles. The van der Waals surface area contributed by atoms with Crippen LogP contribution in [0.3, 0.4) is 0 Å². The fourth-order valence-corrected chi connectivity index (χ4v) is 3.09. The average molecular weight is 546 g/mol. The van der Waals surface area contributed by atoms with Crippen molar-refractivity contribution < 1.29 is 19.1 Å². The third-order valence-corrected chi connectivity index (χ3v) is 5.06. The summed E-state index contributed by atoms with van der Waals surface area (Å²) in [6.07, 6.45) is 1.40. The largest absolute Gasteiger partial charge is 0.484 e. The molecule has 0 saturated heterocycles. The summed E-state index contributed by atoms with van der Waals surface area (Å²) in [5.74, 6) is -0.0196. The van der Waals surface area contributed by atoms with E-state index in [1.165, 1.54) is 6.21 Å². The van der Waals surface area contributed by atoms with Gasteiger partial charge in [0.2, 0.25) is 0 Å². The number of nitrogens with zero attached hydrogens (tertiary/aromatic N) is 1. The average Bonchev–Trinajstić information content (AvgIpc) is 2.75. The highest BCUT2D eigenvalue weighted by Crippen LogP contribution is 2.23. The molecule has 1 amide bonds. The Bertz CT molecular complexity index is 1100. The lowest BCUT2D eigenvalue weighted by Gasteiger charge is -2.08. The van der Waals surface area contributed by atoms with Crippen molar-refractivity contribution in [1.29, 1.82) is 0 Å². The van der Waals surface area contributed by atoms with Crippen LogP contribution >= 0.6 is 31.9 Å². The lowest BCUT2D eigenvalue weighted by atomic mass is 10.1. The predicted octanol–water partition coefficient (Wildman–Crippen LogP) is 5.27. The van der Waals surface area contributed by atoms with Crippen LogP contribution in [0.4, 0.5) is 0 Å². The van der Waals surface area contributed by atoms with Crippen LogP contribution in [0.25, 0.3) is 0 Å². The van der Waals surface area contributed by atoms with Crippen molar-refractivity contribution in [3.05, 3.63) is 92.4 Å². The molecule has 6 nitrogen and oxygen atoms in total.